The van der Waals surface area contributed by atoms with Crippen LogP contribution in [0.25, 0.3) is 0 Å². The first-order chi connectivity index (χ1) is 9.27. The Kier molecular flexibility index (Phi) is 3.72. The molecule has 3 heterocycles. The lowest BCUT2D eigenvalue weighted by Gasteiger charge is -2.33. The molecule has 2 saturated heterocycles. The highest BCUT2D eigenvalue weighted by Crippen LogP contribution is 2.29. The smallest absolute Gasteiger partial charge is 0.324 e. The fraction of sp³-hybridized carbons (Fsp3) is 0.769. The van der Waals surface area contributed by atoms with Crippen molar-refractivity contribution >= 4 is 5.97 Å². The number of fused-ring (bicyclic) bond motifs is 1. The molecule has 0 radical (unpaired) electrons. The van der Waals surface area contributed by atoms with Crippen molar-refractivity contribution in [3.63, 3.8) is 0 Å². The first kappa shape index (κ1) is 12.9. The third-order valence-electron chi connectivity index (χ3n) is 4.22. The van der Waals surface area contributed by atoms with Gasteiger partial charge >= 0.3 is 5.97 Å². The van der Waals surface area contributed by atoms with Crippen molar-refractivity contribution < 1.29 is 14.6 Å². The Balaban J connectivity index is 1.79. The molecule has 0 aromatic rings. The van der Waals surface area contributed by atoms with E-state index in [2.05, 4.69) is 10.4 Å². The second kappa shape index (κ2) is 5.48. The summed E-state index contributed by atoms with van der Waals surface area (Å²) in [7, 11) is 0. The van der Waals surface area contributed by atoms with Gasteiger partial charge in [0.15, 0.2) is 0 Å². The Bertz CT molecular complexity index is 366. The van der Waals surface area contributed by atoms with Gasteiger partial charge in [0.1, 0.15) is 6.04 Å². The van der Waals surface area contributed by atoms with E-state index in [1.54, 1.807) is 6.26 Å². The van der Waals surface area contributed by atoms with Gasteiger partial charge in [0.05, 0.1) is 18.9 Å². The molecular formula is C13H21N3O3. The number of hydrazine groups is 2. The normalized spacial score (nSPS) is 36.5. The van der Waals surface area contributed by atoms with Crippen LogP contribution in [0, 0.1) is 5.92 Å². The maximum atomic E-state index is 11.6. The van der Waals surface area contributed by atoms with Crippen LogP contribution in [0.5, 0.6) is 0 Å². The zero-order valence-corrected chi connectivity index (χ0v) is 11.0. The van der Waals surface area contributed by atoms with Crippen LogP contribution in [0.1, 0.15) is 25.7 Å². The Morgan fingerprint density at radius 1 is 1.26 bits per heavy atom. The predicted molar refractivity (Wildman–Crippen MR) is 68.8 cm³/mol. The number of hydrogen-bond donors (Lipinski definition) is 2. The third-order valence-corrected chi connectivity index (χ3v) is 4.22. The minimum absolute atomic E-state index is 0.0225. The van der Waals surface area contributed by atoms with Crippen LogP contribution in [-0.4, -0.2) is 53.0 Å². The molecule has 3 aliphatic rings. The summed E-state index contributed by atoms with van der Waals surface area (Å²) >= 11 is 0. The second-order valence-corrected chi connectivity index (χ2v) is 5.48. The summed E-state index contributed by atoms with van der Waals surface area (Å²) in [6.45, 7) is 2.33. The molecule has 0 amide bonds. The summed E-state index contributed by atoms with van der Waals surface area (Å²) in [5.41, 5.74) is 3.33. The zero-order chi connectivity index (χ0) is 13.2. The quantitative estimate of drug-likeness (QED) is 0.763. The van der Waals surface area contributed by atoms with Gasteiger partial charge in [-0.15, -0.1) is 0 Å². The van der Waals surface area contributed by atoms with Crippen LogP contribution in [0.15, 0.2) is 12.3 Å². The van der Waals surface area contributed by atoms with Crippen LogP contribution in [-0.2, 0) is 9.53 Å². The zero-order valence-electron chi connectivity index (χ0n) is 11.0. The third kappa shape index (κ3) is 2.48. The fourth-order valence-corrected chi connectivity index (χ4v) is 3.21. The van der Waals surface area contributed by atoms with E-state index in [-0.39, 0.29) is 12.0 Å². The van der Waals surface area contributed by atoms with Crippen LogP contribution >= 0.6 is 0 Å². The number of nitrogens with one attached hydrogen (secondary N) is 1. The molecule has 0 aromatic carbocycles. The van der Waals surface area contributed by atoms with Crippen molar-refractivity contribution in [2.45, 2.75) is 37.8 Å². The predicted octanol–water partition coefficient (Wildman–Crippen LogP) is 0.579. The Morgan fingerprint density at radius 2 is 2.00 bits per heavy atom. The first-order valence-electron chi connectivity index (χ1n) is 7.09. The number of carboxylic acid groups (broad SMARTS) is 1. The highest BCUT2D eigenvalue weighted by molar-refractivity contribution is 5.74. The van der Waals surface area contributed by atoms with Gasteiger partial charge in [0, 0.05) is 19.0 Å². The molecule has 3 atom stereocenters. The van der Waals surface area contributed by atoms with Gasteiger partial charge in [0.2, 0.25) is 0 Å². The molecule has 6 heteroatoms. The van der Waals surface area contributed by atoms with E-state index in [0.717, 1.165) is 25.9 Å². The molecule has 3 aliphatic heterocycles. The molecule has 0 aliphatic carbocycles. The molecule has 0 bridgehead atoms. The number of carbonyl (C=O) groups is 1. The largest absolute Gasteiger partial charge is 0.501 e. The van der Waals surface area contributed by atoms with E-state index in [0.29, 0.717) is 6.61 Å². The standard InChI is InChI=1S/C13H21N3O3/c17-13(18)12-10-9-19-8-5-11(10)14-16(12)15-6-3-1-2-4-7-15/h5,8,10-12,14H,1-4,6-7,9H2,(H,17,18). The number of hydrogen-bond acceptors (Lipinski definition) is 5. The SMILES string of the molecule is O=C(O)C1C2COC=CC2NN1N1CCCCCC1. The van der Waals surface area contributed by atoms with Crippen molar-refractivity contribution in [1.29, 1.82) is 0 Å². The number of rotatable bonds is 2. The summed E-state index contributed by atoms with van der Waals surface area (Å²) in [6, 6.07) is -0.467. The lowest BCUT2D eigenvalue weighted by Crippen LogP contribution is -2.54. The molecule has 6 nitrogen and oxygen atoms in total. The Labute approximate surface area is 112 Å². The maximum Gasteiger partial charge on any atom is 0.324 e. The lowest BCUT2D eigenvalue weighted by atomic mass is 9.94. The highest BCUT2D eigenvalue weighted by Gasteiger charge is 2.48. The average Bonchev–Trinajstić information content (AvgIpc) is 2.59. The molecule has 2 N–H and O–H groups in total. The average molecular weight is 267 g/mol. The van der Waals surface area contributed by atoms with Crippen LogP contribution in [0.2, 0.25) is 0 Å². The monoisotopic (exact) mass is 267 g/mol. The summed E-state index contributed by atoms with van der Waals surface area (Å²) in [5, 5.41) is 13.5. The summed E-state index contributed by atoms with van der Waals surface area (Å²) in [6.07, 6.45) is 8.31. The molecule has 3 rings (SSSR count). The number of nitrogens with zero attached hydrogens (tertiary/aromatic N) is 2. The maximum absolute atomic E-state index is 11.6. The molecule has 0 aromatic heterocycles. The topological polar surface area (TPSA) is 65.0 Å². The highest BCUT2D eigenvalue weighted by atomic mass is 16.5. The van der Waals surface area contributed by atoms with E-state index in [1.807, 2.05) is 11.2 Å². The van der Waals surface area contributed by atoms with Gasteiger partial charge in [-0.3, -0.25) is 4.79 Å². The van der Waals surface area contributed by atoms with E-state index >= 15 is 0 Å². The molecule has 19 heavy (non-hydrogen) atoms. The number of carboxylic acids is 1. The molecule has 106 valence electrons. The molecule has 3 unspecified atom stereocenters. The fourth-order valence-electron chi connectivity index (χ4n) is 3.21. The van der Waals surface area contributed by atoms with Crippen molar-refractivity contribution in [2.24, 2.45) is 5.92 Å². The van der Waals surface area contributed by atoms with Crippen molar-refractivity contribution in [1.82, 2.24) is 15.6 Å². The number of aliphatic carboxylic acids is 1. The van der Waals surface area contributed by atoms with Gasteiger partial charge in [0.25, 0.3) is 0 Å². The van der Waals surface area contributed by atoms with Crippen molar-refractivity contribution in [3.8, 4) is 0 Å². The molecule has 0 saturated carbocycles. The van der Waals surface area contributed by atoms with Crippen LogP contribution < -0.4 is 5.43 Å². The first-order valence-corrected chi connectivity index (χ1v) is 7.09. The molecule has 2 fully saturated rings. The Morgan fingerprint density at radius 3 is 2.68 bits per heavy atom. The minimum atomic E-state index is -0.775. The van der Waals surface area contributed by atoms with E-state index in [9.17, 15) is 9.90 Å². The summed E-state index contributed by atoms with van der Waals surface area (Å²) in [5.74, 6) is -0.797. The number of ether oxygens (including phenoxy) is 1. The van der Waals surface area contributed by atoms with Gasteiger partial charge in [-0.05, 0) is 18.9 Å². The van der Waals surface area contributed by atoms with E-state index < -0.39 is 12.0 Å². The molecular weight excluding hydrogens is 246 g/mol. The van der Waals surface area contributed by atoms with Gasteiger partial charge in [-0.1, -0.05) is 12.8 Å². The van der Waals surface area contributed by atoms with E-state index in [1.165, 1.54) is 12.8 Å². The van der Waals surface area contributed by atoms with Crippen molar-refractivity contribution in [2.75, 3.05) is 19.7 Å². The minimum Gasteiger partial charge on any atom is -0.501 e. The summed E-state index contributed by atoms with van der Waals surface area (Å²) < 4.78 is 5.30. The van der Waals surface area contributed by atoms with Gasteiger partial charge in [-0.2, -0.15) is 5.12 Å². The van der Waals surface area contributed by atoms with Gasteiger partial charge in [-0.25, -0.2) is 10.4 Å². The van der Waals surface area contributed by atoms with Gasteiger partial charge < -0.3 is 9.84 Å². The second-order valence-electron chi connectivity index (χ2n) is 5.48. The van der Waals surface area contributed by atoms with Crippen LogP contribution in [0.4, 0.5) is 0 Å². The lowest BCUT2D eigenvalue weighted by molar-refractivity contribution is -0.157. The molecule has 0 spiro atoms. The van der Waals surface area contributed by atoms with E-state index in [4.69, 9.17) is 4.74 Å². The van der Waals surface area contributed by atoms with Crippen LogP contribution in [0.3, 0.4) is 0 Å². The Hall–Kier alpha value is -1.11. The summed E-state index contributed by atoms with van der Waals surface area (Å²) in [4.78, 5) is 11.6. The van der Waals surface area contributed by atoms with Crippen molar-refractivity contribution in [3.05, 3.63) is 12.3 Å².